The van der Waals surface area contributed by atoms with Crippen molar-refractivity contribution in [2.45, 2.75) is 52.2 Å². The van der Waals surface area contributed by atoms with Gasteiger partial charge in [0.05, 0.1) is 6.10 Å². The number of benzene rings is 1. The molecule has 4 heteroatoms. The summed E-state index contributed by atoms with van der Waals surface area (Å²) >= 11 is 0. The second kappa shape index (κ2) is 7.46. The summed E-state index contributed by atoms with van der Waals surface area (Å²) in [5.74, 6) is 0.586. The van der Waals surface area contributed by atoms with Gasteiger partial charge in [-0.3, -0.25) is 4.79 Å². The van der Waals surface area contributed by atoms with Crippen LogP contribution >= 0.6 is 0 Å². The number of carbonyl (C=O) groups excluding carboxylic acids is 1. The number of nitrogens with one attached hydrogen (secondary N) is 2. The molecule has 1 saturated heterocycles. The van der Waals surface area contributed by atoms with Crippen molar-refractivity contribution in [3.8, 4) is 0 Å². The Morgan fingerprint density at radius 3 is 2.86 bits per heavy atom. The van der Waals surface area contributed by atoms with Gasteiger partial charge < -0.3 is 15.4 Å². The highest BCUT2D eigenvalue weighted by atomic mass is 16.5. The smallest absolute Gasteiger partial charge is 0.224 e. The van der Waals surface area contributed by atoms with E-state index in [2.05, 4.69) is 24.5 Å². The first-order valence-corrected chi connectivity index (χ1v) is 7.86. The van der Waals surface area contributed by atoms with E-state index in [0.29, 0.717) is 24.5 Å². The van der Waals surface area contributed by atoms with E-state index in [0.717, 1.165) is 30.8 Å². The lowest BCUT2D eigenvalue weighted by Gasteiger charge is -2.33. The Balaban J connectivity index is 1.96. The zero-order chi connectivity index (χ0) is 15.2. The molecule has 1 aromatic carbocycles. The molecule has 0 aliphatic carbocycles. The van der Waals surface area contributed by atoms with Crippen molar-refractivity contribution in [2.24, 2.45) is 5.92 Å². The van der Waals surface area contributed by atoms with Crippen molar-refractivity contribution in [3.63, 3.8) is 0 Å². The molecule has 0 saturated carbocycles. The minimum Gasteiger partial charge on any atom is -0.382 e. The van der Waals surface area contributed by atoms with Gasteiger partial charge in [-0.2, -0.15) is 0 Å². The van der Waals surface area contributed by atoms with Crippen molar-refractivity contribution in [3.05, 3.63) is 24.3 Å². The van der Waals surface area contributed by atoms with Crippen LogP contribution in [-0.2, 0) is 9.53 Å². The third-order valence-electron chi connectivity index (χ3n) is 3.90. The second-order valence-corrected chi connectivity index (χ2v) is 6.00. The van der Waals surface area contributed by atoms with Crippen LogP contribution in [0.1, 0.15) is 40.0 Å². The highest BCUT2D eigenvalue weighted by Crippen LogP contribution is 2.24. The van der Waals surface area contributed by atoms with E-state index < -0.39 is 0 Å². The molecule has 0 spiro atoms. The minimum absolute atomic E-state index is 0.0399. The number of rotatable bonds is 5. The first kappa shape index (κ1) is 15.8. The Labute approximate surface area is 127 Å². The standard InChI is InChI=1S/C17H26N2O2/c1-4-17(20)19-14-7-5-6-13(10-14)18-15-8-9-21-16(11-15)12(2)3/h5-7,10,12,15-16,18H,4,8-9,11H2,1-3H3,(H,19,20). The van der Waals surface area contributed by atoms with Gasteiger partial charge in [0.25, 0.3) is 0 Å². The molecule has 1 aliphatic rings. The van der Waals surface area contributed by atoms with E-state index in [-0.39, 0.29) is 5.91 Å². The molecule has 2 unspecified atom stereocenters. The summed E-state index contributed by atoms with van der Waals surface area (Å²) in [4.78, 5) is 11.5. The molecule has 0 bridgehead atoms. The lowest BCUT2D eigenvalue weighted by atomic mass is 9.95. The summed E-state index contributed by atoms with van der Waals surface area (Å²) in [6, 6.07) is 8.35. The van der Waals surface area contributed by atoms with Gasteiger partial charge in [0.15, 0.2) is 0 Å². The molecule has 2 rings (SSSR count). The molecule has 0 radical (unpaired) electrons. The monoisotopic (exact) mass is 290 g/mol. The van der Waals surface area contributed by atoms with Gasteiger partial charge in [0.2, 0.25) is 5.91 Å². The van der Waals surface area contributed by atoms with E-state index in [4.69, 9.17) is 4.74 Å². The van der Waals surface area contributed by atoms with Crippen molar-refractivity contribution >= 4 is 17.3 Å². The number of ether oxygens (including phenoxy) is 1. The Kier molecular flexibility index (Phi) is 5.62. The normalized spacial score (nSPS) is 22.1. The van der Waals surface area contributed by atoms with Crippen LogP contribution in [0, 0.1) is 5.92 Å². The molecular weight excluding hydrogens is 264 g/mol. The molecule has 2 N–H and O–H groups in total. The Morgan fingerprint density at radius 2 is 2.14 bits per heavy atom. The molecule has 1 fully saturated rings. The summed E-state index contributed by atoms with van der Waals surface area (Å²) < 4.78 is 5.80. The Bertz CT molecular complexity index is 474. The summed E-state index contributed by atoms with van der Waals surface area (Å²) in [5, 5.41) is 6.46. The van der Waals surface area contributed by atoms with Gasteiger partial charge in [-0.05, 0) is 37.0 Å². The highest BCUT2D eigenvalue weighted by Gasteiger charge is 2.24. The molecular formula is C17H26N2O2. The zero-order valence-electron chi connectivity index (χ0n) is 13.2. The fraction of sp³-hybridized carbons (Fsp3) is 0.588. The van der Waals surface area contributed by atoms with E-state index in [1.807, 2.05) is 31.2 Å². The highest BCUT2D eigenvalue weighted by molar-refractivity contribution is 5.90. The van der Waals surface area contributed by atoms with Crippen LogP contribution in [0.2, 0.25) is 0 Å². The predicted octanol–water partition coefficient (Wildman–Crippen LogP) is 3.65. The second-order valence-electron chi connectivity index (χ2n) is 6.00. The van der Waals surface area contributed by atoms with Gasteiger partial charge >= 0.3 is 0 Å². The summed E-state index contributed by atoms with van der Waals surface area (Å²) in [6.07, 6.45) is 2.88. The minimum atomic E-state index is 0.0399. The fourth-order valence-electron chi connectivity index (χ4n) is 2.60. The number of amides is 1. The molecule has 116 valence electrons. The van der Waals surface area contributed by atoms with E-state index in [9.17, 15) is 4.79 Å². The first-order valence-electron chi connectivity index (χ1n) is 7.86. The predicted molar refractivity (Wildman–Crippen MR) is 86.6 cm³/mol. The van der Waals surface area contributed by atoms with Crippen LogP contribution in [0.15, 0.2) is 24.3 Å². The van der Waals surface area contributed by atoms with Crippen molar-refractivity contribution in [1.82, 2.24) is 0 Å². The SMILES string of the molecule is CCC(=O)Nc1cccc(NC2CCOC(C(C)C)C2)c1. The van der Waals surface area contributed by atoms with Crippen LogP contribution in [0.5, 0.6) is 0 Å². The number of anilines is 2. The molecule has 1 aromatic rings. The van der Waals surface area contributed by atoms with Gasteiger partial charge in [-0.25, -0.2) is 0 Å². The van der Waals surface area contributed by atoms with Crippen LogP contribution in [-0.4, -0.2) is 24.7 Å². The van der Waals surface area contributed by atoms with Crippen molar-refractivity contribution in [1.29, 1.82) is 0 Å². The lowest BCUT2D eigenvalue weighted by Crippen LogP contribution is -2.36. The van der Waals surface area contributed by atoms with Crippen LogP contribution in [0.4, 0.5) is 11.4 Å². The van der Waals surface area contributed by atoms with E-state index in [1.165, 1.54) is 0 Å². The maximum Gasteiger partial charge on any atom is 0.224 e. The number of hydrogen-bond acceptors (Lipinski definition) is 3. The molecule has 4 nitrogen and oxygen atoms in total. The van der Waals surface area contributed by atoms with Crippen molar-refractivity contribution < 1.29 is 9.53 Å². The first-order chi connectivity index (χ1) is 10.1. The van der Waals surface area contributed by atoms with Crippen molar-refractivity contribution in [2.75, 3.05) is 17.2 Å². The lowest BCUT2D eigenvalue weighted by molar-refractivity contribution is -0.115. The van der Waals surface area contributed by atoms with Crippen LogP contribution in [0.25, 0.3) is 0 Å². The molecule has 21 heavy (non-hydrogen) atoms. The third kappa shape index (κ3) is 4.74. The Morgan fingerprint density at radius 1 is 1.38 bits per heavy atom. The fourth-order valence-corrected chi connectivity index (χ4v) is 2.60. The molecule has 0 aromatic heterocycles. The maximum absolute atomic E-state index is 11.5. The summed E-state index contributed by atoms with van der Waals surface area (Å²) in [7, 11) is 0. The average Bonchev–Trinajstić information content (AvgIpc) is 2.47. The van der Waals surface area contributed by atoms with Gasteiger partial charge in [0, 0.05) is 30.4 Å². The topological polar surface area (TPSA) is 50.4 Å². The number of hydrogen-bond donors (Lipinski definition) is 2. The molecule has 1 aliphatic heterocycles. The van der Waals surface area contributed by atoms with Gasteiger partial charge in [-0.15, -0.1) is 0 Å². The van der Waals surface area contributed by atoms with Crippen LogP contribution < -0.4 is 10.6 Å². The third-order valence-corrected chi connectivity index (χ3v) is 3.90. The summed E-state index contributed by atoms with van der Waals surface area (Å²) in [5.41, 5.74) is 1.90. The quantitative estimate of drug-likeness (QED) is 0.870. The van der Waals surface area contributed by atoms with E-state index in [1.54, 1.807) is 0 Å². The van der Waals surface area contributed by atoms with E-state index >= 15 is 0 Å². The summed E-state index contributed by atoms with van der Waals surface area (Å²) in [6.45, 7) is 7.07. The maximum atomic E-state index is 11.5. The molecule has 1 amide bonds. The van der Waals surface area contributed by atoms with Gasteiger partial charge in [-0.1, -0.05) is 26.8 Å². The largest absolute Gasteiger partial charge is 0.382 e. The Hall–Kier alpha value is -1.55. The van der Waals surface area contributed by atoms with Gasteiger partial charge in [0.1, 0.15) is 0 Å². The zero-order valence-corrected chi connectivity index (χ0v) is 13.2. The molecule has 1 heterocycles. The van der Waals surface area contributed by atoms with Crippen LogP contribution in [0.3, 0.4) is 0 Å². The molecule has 2 atom stereocenters. The number of carbonyl (C=O) groups is 1. The average molecular weight is 290 g/mol.